The van der Waals surface area contributed by atoms with Gasteiger partial charge in [0.1, 0.15) is 5.60 Å². The van der Waals surface area contributed by atoms with Gasteiger partial charge < -0.3 is 4.74 Å². The Hall–Kier alpha value is -1.76. The zero-order valence-corrected chi connectivity index (χ0v) is 14.2. The maximum absolute atomic E-state index is 12.1. The maximum atomic E-state index is 12.1. The van der Waals surface area contributed by atoms with Crippen LogP contribution in [0.4, 0.5) is 10.5 Å². The number of sulfonamides is 1. The minimum atomic E-state index is -3.35. The van der Waals surface area contributed by atoms with Crippen molar-refractivity contribution in [1.29, 1.82) is 0 Å². The van der Waals surface area contributed by atoms with Gasteiger partial charge in [0.05, 0.1) is 18.0 Å². The minimum Gasteiger partial charge on any atom is -0.444 e. The van der Waals surface area contributed by atoms with Crippen LogP contribution in [-0.4, -0.2) is 30.8 Å². The second-order valence-corrected chi connectivity index (χ2v) is 8.30. The fraction of sp³-hybridized carbons (Fsp3) is 0.533. The number of benzene rings is 1. The molecule has 0 fully saturated rings. The summed E-state index contributed by atoms with van der Waals surface area (Å²) in [6.07, 6.45) is -0.395. The Morgan fingerprint density at radius 1 is 1.32 bits per heavy atom. The first kappa shape index (κ1) is 16.6. The van der Waals surface area contributed by atoms with Crippen molar-refractivity contribution in [3.63, 3.8) is 0 Å². The van der Waals surface area contributed by atoms with Crippen LogP contribution in [0.1, 0.15) is 38.8 Å². The van der Waals surface area contributed by atoms with Crippen LogP contribution in [0.25, 0.3) is 0 Å². The molecule has 0 unspecified atom stereocenters. The Morgan fingerprint density at radius 3 is 2.59 bits per heavy atom. The van der Waals surface area contributed by atoms with Gasteiger partial charge in [-0.2, -0.15) is 0 Å². The monoisotopic (exact) mass is 326 g/mol. The van der Waals surface area contributed by atoms with Crippen molar-refractivity contribution in [2.45, 2.75) is 46.4 Å². The fourth-order valence-corrected chi connectivity index (χ4v) is 2.88. The van der Waals surface area contributed by atoms with E-state index < -0.39 is 21.7 Å². The highest BCUT2D eigenvalue weighted by Gasteiger charge is 2.29. The van der Waals surface area contributed by atoms with E-state index in [0.29, 0.717) is 18.8 Å². The molecule has 0 atom stereocenters. The van der Waals surface area contributed by atoms with Crippen molar-refractivity contribution < 1.29 is 17.9 Å². The third-order valence-electron chi connectivity index (χ3n) is 3.28. The van der Waals surface area contributed by atoms with E-state index in [-0.39, 0.29) is 5.75 Å². The second kappa shape index (κ2) is 5.79. The SMILES string of the molecule is CCS(=O)(=O)Nc1cccc2c1CN(C(=O)OC(C)(C)C)C2. The van der Waals surface area contributed by atoms with Gasteiger partial charge in [0.25, 0.3) is 0 Å². The highest BCUT2D eigenvalue weighted by Crippen LogP contribution is 2.30. The molecule has 1 N–H and O–H groups in total. The smallest absolute Gasteiger partial charge is 0.410 e. The highest BCUT2D eigenvalue weighted by atomic mass is 32.2. The third-order valence-corrected chi connectivity index (χ3v) is 4.57. The molecule has 0 bridgehead atoms. The van der Waals surface area contributed by atoms with Gasteiger partial charge in [0.2, 0.25) is 10.0 Å². The van der Waals surface area contributed by atoms with E-state index in [1.165, 1.54) is 0 Å². The number of anilines is 1. The molecule has 1 heterocycles. The molecule has 1 aromatic rings. The van der Waals surface area contributed by atoms with Crippen molar-refractivity contribution >= 4 is 21.8 Å². The number of amides is 1. The summed E-state index contributed by atoms with van der Waals surface area (Å²) in [6.45, 7) is 7.79. The number of carbonyl (C=O) groups is 1. The average molecular weight is 326 g/mol. The molecule has 122 valence electrons. The van der Waals surface area contributed by atoms with Crippen LogP contribution in [0.5, 0.6) is 0 Å². The van der Waals surface area contributed by atoms with Crippen molar-refractivity contribution in [3.8, 4) is 0 Å². The lowest BCUT2D eigenvalue weighted by Crippen LogP contribution is -2.33. The first-order valence-electron chi connectivity index (χ1n) is 7.20. The fourth-order valence-electron chi connectivity index (χ4n) is 2.21. The van der Waals surface area contributed by atoms with E-state index in [9.17, 15) is 13.2 Å². The lowest BCUT2D eigenvalue weighted by atomic mass is 10.1. The molecule has 2 rings (SSSR count). The summed E-state index contributed by atoms with van der Waals surface area (Å²) >= 11 is 0. The van der Waals surface area contributed by atoms with E-state index in [1.54, 1.807) is 24.0 Å². The van der Waals surface area contributed by atoms with Crippen LogP contribution < -0.4 is 4.72 Å². The molecule has 6 nitrogen and oxygen atoms in total. The Bertz CT molecular complexity index is 677. The molecule has 0 aromatic heterocycles. The molecular weight excluding hydrogens is 304 g/mol. The van der Waals surface area contributed by atoms with Gasteiger partial charge in [-0.1, -0.05) is 12.1 Å². The molecule has 0 spiro atoms. The predicted octanol–water partition coefficient (Wildman–Crippen LogP) is 2.70. The Labute approximate surface area is 131 Å². The molecule has 1 amide bonds. The minimum absolute atomic E-state index is 0.00640. The molecule has 0 saturated carbocycles. The molecule has 0 radical (unpaired) electrons. The number of fused-ring (bicyclic) bond motifs is 1. The van der Waals surface area contributed by atoms with Gasteiger partial charge in [-0.15, -0.1) is 0 Å². The quantitative estimate of drug-likeness (QED) is 0.926. The molecule has 22 heavy (non-hydrogen) atoms. The zero-order chi connectivity index (χ0) is 16.5. The number of nitrogens with zero attached hydrogens (tertiary/aromatic N) is 1. The Morgan fingerprint density at radius 2 is 2.00 bits per heavy atom. The standard InChI is InChI=1S/C15H22N2O4S/c1-5-22(19,20)16-13-8-6-7-11-9-17(10-12(11)13)14(18)21-15(2,3)4/h6-8,16H,5,9-10H2,1-4H3. The van der Waals surface area contributed by atoms with Crippen molar-refractivity contribution in [3.05, 3.63) is 29.3 Å². The largest absolute Gasteiger partial charge is 0.444 e. The molecule has 1 aromatic carbocycles. The lowest BCUT2D eigenvalue weighted by Gasteiger charge is -2.24. The Balaban J connectivity index is 2.19. The molecular formula is C15H22N2O4S. The molecule has 0 saturated heterocycles. The van der Waals surface area contributed by atoms with Crippen molar-refractivity contribution in [2.24, 2.45) is 0 Å². The lowest BCUT2D eigenvalue weighted by molar-refractivity contribution is 0.0242. The molecule has 1 aliphatic rings. The topological polar surface area (TPSA) is 75.7 Å². The number of carbonyl (C=O) groups excluding carboxylic acids is 1. The van der Waals surface area contributed by atoms with Crippen LogP contribution in [0.2, 0.25) is 0 Å². The number of hydrogen-bond acceptors (Lipinski definition) is 4. The van der Waals surface area contributed by atoms with Crippen LogP contribution in [-0.2, 0) is 27.8 Å². The van der Waals surface area contributed by atoms with Gasteiger partial charge in [0, 0.05) is 12.1 Å². The average Bonchev–Trinajstić information content (AvgIpc) is 2.82. The van der Waals surface area contributed by atoms with Crippen molar-refractivity contribution in [1.82, 2.24) is 4.90 Å². The summed E-state index contributed by atoms with van der Waals surface area (Å²) in [4.78, 5) is 13.7. The maximum Gasteiger partial charge on any atom is 0.410 e. The van der Waals surface area contributed by atoms with Gasteiger partial charge in [0.15, 0.2) is 0 Å². The zero-order valence-electron chi connectivity index (χ0n) is 13.3. The number of nitrogens with one attached hydrogen (secondary N) is 1. The van der Waals surface area contributed by atoms with Gasteiger partial charge in [-0.05, 0) is 39.3 Å². The van der Waals surface area contributed by atoms with Gasteiger partial charge in [-0.25, -0.2) is 13.2 Å². The Kier molecular flexibility index (Phi) is 4.37. The van der Waals surface area contributed by atoms with Gasteiger partial charge >= 0.3 is 6.09 Å². The van der Waals surface area contributed by atoms with E-state index >= 15 is 0 Å². The predicted molar refractivity (Wildman–Crippen MR) is 85.0 cm³/mol. The summed E-state index contributed by atoms with van der Waals surface area (Å²) in [7, 11) is -3.35. The number of hydrogen-bond donors (Lipinski definition) is 1. The van der Waals surface area contributed by atoms with Crippen LogP contribution >= 0.6 is 0 Å². The first-order chi connectivity index (χ1) is 10.1. The summed E-state index contributed by atoms with van der Waals surface area (Å²) < 4.78 is 31.4. The van der Waals surface area contributed by atoms with E-state index in [0.717, 1.165) is 11.1 Å². The summed E-state index contributed by atoms with van der Waals surface area (Å²) in [5, 5.41) is 0. The van der Waals surface area contributed by atoms with Crippen LogP contribution in [0.15, 0.2) is 18.2 Å². The highest BCUT2D eigenvalue weighted by molar-refractivity contribution is 7.92. The number of ether oxygens (including phenoxy) is 1. The van der Waals surface area contributed by atoms with Crippen molar-refractivity contribution in [2.75, 3.05) is 10.5 Å². The second-order valence-electron chi connectivity index (χ2n) is 6.29. The molecule has 0 aliphatic carbocycles. The van der Waals surface area contributed by atoms with E-state index in [2.05, 4.69) is 4.72 Å². The summed E-state index contributed by atoms with van der Waals surface area (Å²) in [5.74, 6) is 0.00640. The summed E-state index contributed by atoms with van der Waals surface area (Å²) in [6, 6.07) is 5.39. The molecule has 1 aliphatic heterocycles. The molecule has 7 heteroatoms. The van der Waals surface area contributed by atoms with Crippen LogP contribution in [0, 0.1) is 0 Å². The van der Waals surface area contributed by atoms with Gasteiger partial charge in [-0.3, -0.25) is 9.62 Å². The van der Waals surface area contributed by atoms with E-state index in [1.807, 2.05) is 26.8 Å². The normalized spacial score (nSPS) is 14.6. The number of rotatable bonds is 3. The summed E-state index contributed by atoms with van der Waals surface area (Å²) in [5.41, 5.74) is 1.73. The third kappa shape index (κ3) is 3.91. The van der Waals surface area contributed by atoms with Crippen LogP contribution in [0.3, 0.4) is 0 Å². The first-order valence-corrected chi connectivity index (χ1v) is 8.86. The van der Waals surface area contributed by atoms with E-state index in [4.69, 9.17) is 4.74 Å².